The zero-order valence-electron chi connectivity index (χ0n) is 25.2. The van der Waals surface area contributed by atoms with E-state index in [2.05, 4.69) is 63.3 Å². The molecule has 0 radical (unpaired) electrons. The number of anilines is 4. The van der Waals surface area contributed by atoms with Crippen LogP contribution in [-0.2, 0) is 10.3 Å². The second kappa shape index (κ2) is 11.1. The summed E-state index contributed by atoms with van der Waals surface area (Å²) >= 11 is 0. The Morgan fingerprint density at radius 3 is 2.59 bits per heavy atom. The lowest BCUT2D eigenvalue weighted by Crippen LogP contribution is -2.57. The molecule has 2 unspecified atom stereocenters. The van der Waals surface area contributed by atoms with Gasteiger partial charge in [0.2, 0.25) is 5.91 Å². The molecule has 224 valence electrons. The minimum Gasteiger partial charge on any atom is -0.383 e. The van der Waals surface area contributed by atoms with Crippen LogP contribution in [0.15, 0.2) is 84.0 Å². The molecule has 3 fully saturated rings. The number of carbonyl (C=O) groups is 1. The van der Waals surface area contributed by atoms with Gasteiger partial charge < -0.3 is 26.2 Å². The highest BCUT2D eigenvalue weighted by molar-refractivity contribution is 5.89. The van der Waals surface area contributed by atoms with Crippen molar-refractivity contribution >= 4 is 40.8 Å². The van der Waals surface area contributed by atoms with Crippen molar-refractivity contribution in [2.45, 2.75) is 37.8 Å². The Balaban J connectivity index is 1.21. The number of likely N-dealkylation sites (tertiary alicyclic amines) is 1. The van der Waals surface area contributed by atoms with Crippen LogP contribution >= 0.6 is 0 Å². The van der Waals surface area contributed by atoms with Crippen molar-refractivity contribution in [3.05, 3.63) is 90.1 Å². The van der Waals surface area contributed by atoms with E-state index in [1.54, 1.807) is 19.3 Å². The van der Waals surface area contributed by atoms with Gasteiger partial charge in [-0.15, -0.1) is 0 Å². The third-order valence-electron chi connectivity index (χ3n) is 9.61. The van der Waals surface area contributed by atoms with Crippen molar-refractivity contribution in [1.29, 1.82) is 0 Å². The maximum absolute atomic E-state index is 12.0. The molecule has 44 heavy (non-hydrogen) atoms. The van der Waals surface area contributed by atoms with Gasteiger partial charge in [-0.2, -0.15) is 0 Å². The third kappa shape index (κ3) is 5.07. The Bertz CT molecular complexity index is 1730. The van der Waals surface area contributed by atoms with Gasteiger partial charge in [0, 0.05) is 80.0 Å². The first-order valence-electron chi connectivity index (χ1n) is 15.3. The van der Waals surface area contributed by atoms with Gasteiger partial charge in [-0.1, -0.05) is 24.3 Å². The number of hydrogen-bond donors (Lipinski definition) is 2. The minimum atomic E-state index is -0.210. The van der Waals surface area contributed by atoms with Crippen LogP contribution in [0.25, 0.3) is 11.3 Å². The monoisotopic (exact) mass is 586 g/mol. The molecule has 1 amide bonds. The molecule has 9 heteroatoms. The van der Waals surface area contributed by atoms with E-state index in [4.69, 9.17) is 21.4 Å². The normalized spacial score (nSPS) is 20.2. The van der Waals surface area contributed by atoms with E-state index in [1.165, 1.54) is 12.0 Å². The van der Waals surface area contributed by atoms with E-state index < -0.39 is 0 Å². The number of aromatic nitrogens is 2. The molecule has 1 saturated carbocycles. The molecule has 7 rings (SSSR count). The highest BCUT2D eigenvalue weighted by atomic mass is 16.2. The number of hydrogen-bond acceptors (Lipinski definition) is 8. The van der Waals surface area contributed by atoms with Crippen molar-refractivity contribution in [3.8, 4) is 11.3 Å². The summed E-state index contributed by atoms with van der Waals surface area (Å²) < 4.78 is 0. The molecule has 4 heterocycles. The van der Waals surface area contributed by atoms with Gasteiger partial charge in [0.25, 0.3) is 0 Å². The number of nitrogens with zero attached hydrogens (tertiary/aromatic N) is 6. The smallest absolute Gasteiger partial charge is 0.219 e. The number of carbonyl (C=O) groups excluding carboxylic acids is 1. The van der Waals surface area contributed by atoms with Crippen LogP contribution in [0.4, 0.5) is 28.7 Å². The van der Waals surface area contributed by atoms with Gasteiger partial charge in [0.15, 0.2) is 5.82 Å². The van der Waals surface area contributed by atoms with Gasteiger partial charge in [-0.25, -0.2) is 9.97 Å². The van der Waals surface area contributed by atoms with E-state index in [1.807, 2.05) is 36.2 Å². The molecule has 2 aliphatic heterocycles. The number of pyridine rings is 2. The first-order chi connectivity index (χ1) is 21.3. The average Bonchev–Trinajstić information content (AvgIpc) is 3.34. The van der Waals surface area contributed by atoms with Crippen LogP contribution < -0.4 is 21.3 Å². The number of benzene rings is 2. The molecule has 1 aliphatic carbocycles. The molecule has 3 aliphatic rings. The fourth-order valence-electron chi connectivity index (χ4n) is 6.68. The molecule has 9 nitrogen and oxygen atoms in total. The summed E-state index contributed by atoms with van der Waals surface area (Å²) in [5, 5.41) is 0. The first kappa shape index (κ1) is 28.0. The molecule has 0 bridgehead atoms. The number of rotatable bonds is 7. The van der Waals surface area contributed by atoms with Crippen molar-refractivity contribution < 1.29 is 4.79 Å². The van der Waals surface area contributed by atoms with E-state index in [-0.39, 0.29) is 11.4 Å². The number of nitrogens with two attached hydrogens (primary N) is 2. The summed E-state index contributed by atoms with van der Waals surface area (Å²) in [6.07, 6.45) is 6.63. The fourth-order valence-corrected chi connectivity index (χ4v) is 6.68. The van der Waals surface area contributed by atoms with E-state index in [0.29, 0.717) is 17.8 Å². The first-order valence-corrected chi connectivity index (χ1v) is 15.3. The van der Waals surface area contributed by atoms with Gasteiger partial charge >= 0.3 is 0 Å². The molecule has 0 spiro atoms. The molecule has 2 aromatic carbocycles. The lowest BCUT2D eigenvalue weighted by Gasteiger charge is -2.42. The van der Waals surface area contributed by atoms with Crippen molar-refractivity contribution in [2.24, 2.45) is 16.6 Å². The van der Waals surface area contributed by atoms with Gasteiger partial charge in [-0.3, -0.25) is 9.79 Å². The van der Waals surface area contributed by atoms with Gasteiger partial charge in [0.05, 0.1) is 11.7 Å². The summed E-state index contributed by atoms with van der Waals surface area (Å²) in [7, 11) is 2.01. The van der Waals surface area contributed by atoms with Crippen LogP contribution in [0.5, 0.6) is 0 Å². The third-order valence-corrected chi connectivity index (χ3v) is 9.61. The highest BCUT2D eigenvalue weighted by Gasteiger charge is 2.46. The lowest BCUT2D eigenvalue weighted by atomic mass is 9.73. The lowest BCUT2D eigenvalue weighted by molar-refractivity contribution is -0.138. The Morgan fingerprint density at radius 2 is 1.86 bits per heavy atom. The van der Waals surface area contributed by atoms with Crippen LogP contribution in [0.3, 0.4) is 0 Å². The molecular weight excluding hydrogens is 548 g/mol. The van der Waals surface area contributed by atoms with Crippen LogP contribution in [0, 0.1) is 5.92 Å². The average molecular weight is 587 g/mol. The Hall–Kier alpha value is -4.76. The summed E-state index contributed by atoms with van der Waals surface area (Å²) in [5.74, 6) is 1.85. The SMILES string of the molecule is CC(=O)N1CC2CN(c3cccc(-c4ccc(N=Cc5cccnc5N)c(N(C)c5ccc(C6(N)CCC6)cc5)n4)c3)CC21. The maximum Gasteiger partial charge on any atom is 0.219 e. The zero-order chi connectivity index (χ0) is 30.4. The topological polar surface area (TPSA) is 117 Å². The Morgan fingerprint density at radius 1 is 1.05 bits per heavy atom. The molecule has 2 saturated heterocycles. The summed E-state index contributed by atoms with van der Waals surface area (Å²) in [6, 6.07) is 25.1. The second-order valence-corrected chi connectivity index (χ2v) is 12.3. The number of aliphatic imine (C=N–C) groups is 1. The fraction of sp³-hybridized carbons (Fsp3) is 0.314. The molecule has 4 N–H and O–H groups in total. The van der Waals surface area contributed by atoms with Gasteiger partial charge in [-0.05, 0) is 73.4 Å². The van der Waals surface area contributed by atoms with E-state index >= 15 is 0 Å². The predicted octanol–water partition coefficient (Wildman–Crippen LogP) is 5.25. The summed E-state index contributed by atoms with van der Waals surface area (Å²) in [6.45, 7) is 4.34. The highest BCUT2D eigenvalue weighted by Crippen LogP contribution is 2.41. The minimum absolute atomic E-state index is 0.164. The molecule has 2 aromatic heterocycles. The quantitative estimate of drug-likeness (QED) is 0.284. The predicted molar refractivity (Wildman–Crippen MR) is 177 cm³/mol. The Kier molecular flexibility index (Phi) is 7.05. The van der Waals surface area contributed by atoms with Crippen LogP contribution in [-0.4, -0.2) is 59.7 Å². The molecule has 2 atom stereocenters. The number of fused-ring (bicyclic) bond motifs is 1. The van der Waals surface area contributed by atoms with Crippen molar-refractivity contribution in [1.82, 2.24) is 14.9 Å². The molecular formula is C35H38N8O. The number of nitrogen functional groups attached to an aromatic ring is 1. The second-order valence-electron chi connectivity index (χ2n) is 12.3. The zero-order valence-corrected chi connectivity index (χ0v) is 25.2. The summed E-state index contributed by atoms with van der Waals surface area (Å²) in [4.78, 5) is 32.6. The van der Waals surface area contributed by atoms with E-state index in [9.17, 15) is 4.79 Å². The van der Waals surface area contributed by atoms with Crippen molar-refractivity contribution in [3.63, 3.8) is 0 Å². The van der Waals surface area contributed by atoms with Crippen LogP contribution in [0.2, 0.25) is 0 Å². The van der Waals surface area contributed by atoms with E-state index in [0.717, 1.165) is 72.2 Å². The Labute approximate surface area is 258 Å². The van der Waals surface area contributed by atoms with Gasteiger partial charge in [0.1, 0.15) is 11.5 Å². The standard InChI is InChI=1S/C35H38N8O/c1-23(44)43-21-26-20-42(22-32(26)43)29-8-3-6-24(18-29)30-13-14-31(39-19-25-7-4-17-38-33(25)36)34(40-30)41(2)28-11-9-27(10-12-28)35(37)15-5-16-35/h3-4,6-14,17-19,26,32H,5,15-16,20-22,37H2,1-2H3,(H2,36,38). The number of amides is 1. The van der Waals surface area contributed by atoms with Crippen LogP contribution in [0.1, 0.15) is 37.3 Å². The maximum atomic E-state index is 12.0. The van der Waals surface area contributed by atoms with Crippen molar-refractivity contribution in [2.75, 3.05) is 42.2 Å². The summed E-state index contributed by atoms with van der Waals surface area (Å²) in [5.41, 5.74) is 19.1. The largest absolute Gasteiger partial charge is 0.383 e. The molecule has 4 aromatic rings.